The fourth-order valence-corrected chi connectivity index (χ4v) is 3.63. The minimum Gasteiger partial charge on any atom is -0.493 e. The molecule has 1 aromatic rings. The van der Waals surface area contributed by atoms with E-state index in [9.17, 15) is 9.59 Å². The van der Waals surface area contributed by atoms with Crippen molar-refractivity contribution in [2.45, 2.75) is 44.4 Å². The van der Waals surface area contributed by atoms with E-state index in [0.717, 1.165) is 0 Å². The van der Waals surface area contributed by atoms with Crippen LogP contribution in [0, 0.1) is 0 Å². The van der Waals surface area contributed by atoms with Crippen LogP contribution in [0.15, 0.2) is 23.8 Å². The van der Waals surface area contributed by atoms with Crippen molar-refractivity contribution in [1.82, 2.24) is 0 Å². The number of methoxy groups -OCH3 is 4. The molecule has 1 heterocycles. The molecule has 1 saturated heterocycles. The Hall–Kier alpha value is -2.78. The first-order chi connectivity index (χ1) is 14.2. The summed E-state index contributed by atoms with van der Waals surface area (Å²) in [4.78, 5) is 25.0. The van der Waals surface area contributed by atoms with E-state index >= 15 is 0 Å². The van der Waals surface area contributed by atoms with Gasteiger partial charge in [0.1, 0.15) is 18.3 Å². The van der Waals surface area contributed by atoms with E-state index < -0.39 is 36.0 Å². The molecular formula is C21H26O9. The zero-order valence-electron chi connectivity index (χ0n) is 17.8. The molecule has 0 aromatic heterocycles. The third kappa shape index (κ3) is 4.22. The molecule has 0 saturated carbocycles. The van der Waals surface area contributed by atoms with Gasteiger partial charge in [-0.25, -0.2) is 9.59 Å². The van der Waals surface area contributed by atoms with E-state index in [1.54, 1.807) is 19.9 Å². The van der Waals surface area contributed by atoms with Crippen LogP contribution in [-0.2, 0) is 23.7 Å². The summed E-state index contributed by atoms with van der Waals surface area (Å²) in [5.41, 5.74) is 0.566. The first-order valence-corrected chi connectivity index (χ1v) is 9.38. The van der Waals surface area contributed by atoms with E-state index in [2.05, 4.69) is 0 Å². The lowest BCUT2D eigenvalue weighted by Gasteiger charge is -2.30. The van der Waals surface area contributed by atoms with E-state index in [0.29, 0.717) is 22.8 Å². The minimum atomic E-state index is -0.880. The predicted molar refractivity (Wildman–Crippen MR) is 104 cm³/mol. The Morgan fingerprint density at radius 2 is 1.60 bits per heavy atom. The molecule has 0 unspecified atom stereocenters. The van der Waals surface area contributed by atoms with Gasteiger partial charge in [0.2, 0.25) is 5.75 Å². The third-order valence-electron chi connectivity index (χ3n) is 4.92. The first-order valence-electron chi connectivity index (χ1n) is 9.38. The number of fused-ring (bicyclic) bond motifs is 1. The summed E-state index contributed by atoms with van der Waals surface area (Å²) in [6.07, 6.45) is -0.0409. The Kier molecular flexibility index (Phi) is 6.23. The molecule has 0 amide bonds. The summed E-state index contributed by atoms with van der Waals surface area (Å²) >= 11 is 0. The number of hydrogen-bond donors (Lipinski definition) is 0. The highest BCUT2D eigenvalue weighted by Gasteiger charge is 2.49. The average Bonchev–Trinajstić information content (AvgIpc) is 3.05. The van der Waals surface area contributed by atoms with Crippen LogP contribution in [0.1, 0.15) is 30.6 Å². The Bertz CT molecular complexity index is 833. The average molecular weight is 422 g/mol. The van der Waals surface area contributed by atoms with Gasteiger partial charge in [-0.05, 0) is 32.1 Å². The van der Waals surface area contributed by atoms with Crippen molar-refractivity contribution in [2.24, 2.45) is 0 Å². The van der Waals surface area contributed by atoms with Gasteiger partial charge in [-0.2, -0.15) is 0 Å². The standard InChI is InChI=1S/C21H26O9/c1-21(2)29-16-10-11(19(22)27-6)9-15(18(16)30-21)28-20(23)12-7-13(24-3)17(26-5)14(8-12)25-4/h7-8,10,15-16,18H,9H2,1-6H3/t15-,16-,18+/m1/s1. The molecule has 0 bridgehead atoms. The van der Waals surface area contributed by atoms with Crippen molar-refractivity contribution in [3.05, 3.63) is 29.3 Å². The summed E-state index contributed by atoms with van der Waals surface area (Å²) in [7, 11) is 5.68. The largest absolute Gasteiger partial charge is 0.493 e. The lowest BCUT2D eigenvalue weighted by molar-refractivity contribution is -0.153. The van der Waals surface area contributed by atoms with E-state index in [1.165, 1.54) is 40.6 Å². The number of carbonyl (C=O) groups is 2. The number of rotatable bonds is 6. The lowest BCUT2D eigenvalue weighted by atomic mass is 9.92. The molecule has 3 rings (SSSR count). The molecule has 0 N–H and O–H groups in total. The second kappa shape index (κ2) is 8.53. The zero-order chi connectivity index (χ0) is 22.1. The molecule has 0 spiro atoms. The van der Waals surface area contributed by atoms with Crippen molar-refractivity contribution in [2.75, 3.05) is 28.4 Å². The second-order valence-electron chi connectivity index (χ2n) is 7.31. The van der Waals surface area contributed by atoms with Crippen LogP contribution < -0.4 is 14.2 Å². The topological polar surface area (TPSA) is 98.8 Å². The molecule has 9 heteroatoms. The lowest BCUT2D eigenvalue weighted by Crippen LogP contribution is -2.42. The number of ether oxygens (including phenoxy) is 7. The molecule has 1 aliphatic heterocycles. The van der Waals surface area contributed by atoms with Crippen molar-refractivity contribution in [1.29, 1.82) is 0 Å². The maximum Gasteiger partial charge on any atom is 0.338 e. The van der Waals surface area contributed by atoms with Gasteiger partial charge < -0.3 is 33.2 Å². The van der Waals surface area contributed by atoms with Crippen molar-refractivity contribution >= 4 is 11.9 Å². The quantitative estimate of drug-likeness (QED) is 0.639. The van der Waals surface area contributed by atoms with Crippen LogP contribution >= 0.6 is 0 Å². The molecule has 1 aromatic carbocycles. The molecule has 1 fully saturated rings. The Balaban J connectivity index is 1.88. The highest BCUT2D eigenvalue weighted by atomic mass is 16.8. The van der Waals surface area contributed by atoms with Gasteiger partial charge in [0.05, 0.1) is 34.0 Å². The summed E-state index contributed by atoms with van der Waals surface area (Å²) in [5.74, 6) is -1.01. The maximum atomic E-state index is 12.9. The van der Waals surface area contributed by atoms with E-state index in [4.69, 9.17) is 33.2 Å². The smallest absolute Gasteiger partial charge is 0.338 e. The van der Waals surface area contributed by atoms with Gasteiger partial charge in [0, 0.05) is 12.0 Å². The highest BCUT2D eigenvalue weighted by molar-refractivity contribution is 5.92. The summed E-state index contributed by atoms with van der Waals surface area (Å²) in [5, 5.41) is 0. The normalized spacial score (nSPS) is 24.3. The molecule has 3 atom stereocenters. The van der Waals surface area contributed by atoms with Crippen LogP contribution in [0.3, 0.4) is 0 Å². The van der Waals surface area contributed by atoms with Crippen molar-refractivity contribution < 1.29 is 42.7 Å². The number of hydrogen-bond acceptors (Lipinski definition) is 9. The van der Waals surface area contributed by atoms with Gasteiger partial charge in [0.25, 0.3) is 0 Å². The van der Waals surface area contributed by atoms with Gasteiger partial charge >= 0.3 is 11.9 Å². The van der Waals surface area contributed by atoms with Gasteiger partial charge in [-0.3, -0.25) is 0 Å². The Morgan fingerprint density at radius 1 is 0.967 bits per heavy atom. The van der Waals surface area contributed by atoms with Crippen LogP contribution in [0.5, 0.6) is 17.2 Å². The van der Waals surface area contributed by atoms with Crippen LogP contribution in [-0.4, -0.2) is 64.5 Å². The first kappa shape index (κ1) is 21.9. The highest BCUT2D eigenvalue weighted by Crippen LogP contribution is 2.40. The predicted octanol–water partition coefficient (Wildman–Crippen LogP) is 2.26. The zero-order valence-corrected chi connectivity index (χ0v) is 17.8. The van der Waals surface area contributed by atoms with E-state index in [1.807, 2.05) is 0 Å². The fraction of sp³-hybridized carbons (Fsp3) is 0.524. The van der Waals surface area contributed by atoms with Gasteiger partial charge in [-0.1, -0.05) is 0 Å². The number of benzene rings is 1. The summed E-state index contributed by atoms with van der Waals surface area (Å²) in [6.45, 7) is 3.52. The Morgan fingerprint density at radius 3 is 2.13 bits per heavy atom. The monoisotopic (exact) mass is 422 g/mol. The van der Waals surface area contributed by atoms with Crippen molar-refractivity contribution in [3.8, 4) is 17.2 Å². The van der Waals surface area contributed by atoms with Crippen LogP contribution in [0.25, 0.3) is 0 Å². The van der Waals surface area contributed by atoms with E-state index in [-0.39, 0.29) is 12.0 Å². The van der Waals surface area contributed by atoms with Crippen molar-refractivity contribution in [3.63, 3.8) is 0 Å². The van der Waals surface area contributed by atoms with Crippen LogP contribution in [0.4, 0.5) is 0 Å². The summed E-state index contributed by atoms with van der Waals surface area (Å²) in [6, 6.07) is 2.99. The summed E-state index contributed by atoms with van der Waals surface area (Å²) < 4.78 is 38.2. The molecule has 164 valence electrons. The molecule has 0 radical (unpaired) electrons. The second-order valence-corrected chi connectivity index (χ2v) is 7.31. The number of carbonyl (C=O) groups excluding carboxylic acids is 2. The number of esters is 2. The van der Waals surface area contributed by atoms with Gasteiger partial charge in [-0.15, -0.1) is 0 Å². The third-order valence-corrected chi connectivity index (χ3v) is 4.92. The van der Waals surface area contributed by atoms with Gasteiger partial charge in [0.15, 0.2) is 17.3 Å². The fourth-order valence-electron chi connectivity index (χ4n) is 3.63. The maximum absolute atomic E-state index is 12.9. The SMILES string of the molecule is COC(=O)C1=C[C@H]2OC(C)(C)O[C@H]2[C@H](OC(=O)c2cc(OC)c(OC)c(OC)c2)C1. The molecule has 1 aliphatic carbocycles. The minimum absolute atomic E-state index is 0.142. The van der Waals surface area contributed by atoms with Crippen LogP contribution in [0.2, 0.25) is 0 Å². The molecule has 2 aliphatic rings. The molecular weight excluding hydrogens is 396 g/mol. The Labute approximate surface area is 174 Å². The molecule has 30 heavy (non-hydrogen) atoms. The molecule has 9 nitrogen and oxygen atoms in total.